The molecule has 1 rings (SSSR count). The molecule has 0 aromatic carbocycles. The van der Waals surface area contributed by atoms with Crippen LogP contribution >= 0.6 is 11.3 Å². The number of nitro groups is 1. The van der Waals surface area contributed by atoms with Crippen LogP contribution in [-0.4, -0.2) is 11.5 Å². The molecule has 0 aliphatic carbocycles. The maximum Gasteiger partial charge on any atom is 0.211 e. The quantitative estimate of drug-likeness (QED) is 0.516. The van der Waals surface area contributed by atoms with Gasteiger partial charge in [0, 0.05) is 9.80 Å². The molecule has 0 aliphatic rings. The number of hydrogen-bond donors (Lipinski definition) is 0. The fraction of sp³-hybridized carbons (Fsp3) is 0.429. The highest BCUT2D eigenvalue weighted by atomic mass is 32.1. The first kappa shape index (κ1) is 8.20. The van der Waals surface area contributed by atoms with E-state index in [1.807, 2.05) is 24.4 Å². The van der Waals surface area contributed by atoms with Gasteiger partial charge < -0.3 is 0 Å². The standard InChI is InChI=1S/C7H9NO2S/c1-6(5-8(9)10)7-3-2-4-11-7/h2-4,6H,5H2,1H3/t6-/m1/s1. The second kappa shape index (κ2) is 3.48. The van der Waals surface area contributed by atoms with Crippen LogP contribution in [0.25, 0.3) is 0 Å². The van der Waals surface area contributed by atoms with Crippen molar-refractivity contribution >= 4 is 11.3 Å². The van der Waals surface area contributed by atoms with Crippen LogP contribution in [0.5, 0.6) is 0 Å². The van der Waals surface area contributed by atoms with Crippen molar-refractivity contribution in [1.82, 2.24) is 0 Å². The average Bonchev–Trinajstić information content (AvgIpc) is 2.35. The van der Waals surface area contributed by atoms with Gasteiger partial charge in [0.15, 0.2) is 0 Å². The number of thiophene rings is 1. The fourth-order valence-corrected chi connectivity index (χ4v) is 1.66. The normalized spacial score (nSPS) is 12.8. The molecule has 0 radical (unpaired) electrons. The Kier molecular flexibility index (Phi) is 2.59. The molecule has 0 aliphatic heterocycles. The van der Waals surface area contributed by atoms with Gasteiger partial charge in [-0.1, -0.05) is 13.0 Å². The molecule has 0 spiro atoms. The molecule has 1 atom stereocenters. The molecular weight excluding hydrogens is 162 g/mol. The first-order valence-corrected chi connectivity index (χ1v) is 4.23. The zero-order valence-corrected chi connectivity index (χ0v) is 7.00. The highest BCUT2D eigenvalue weighted by molar-refractivity contribution is 7.10. The predicted molar refractivity (Wildman–Crippen MR) is 44.6 cm³/mol. The van der Waals surface area contributed by atoms with E-state index in [4.69, 9.17) is 0 Å². The third-order valence-electron chi connectivity index (χ3n) is 1.45. The van der Waals surface area contributed by atoms with E-state index in [0.29, 0.717) is 0 Å². The van der Waals surface area contributed by atoms with Crippen molar-refractivity contribution in [1.29, 1.82) is 0 Å². The molecule has 0 saturated heterocycles. The monoisotopic (exact) mass is 171 g/mol. The third-order valence-corrected chi connectivity index (χ3v) is 2.56. The first-order valence-electron chi connectivity index (χ1n) is 3.35. The van der Waals surface area contributed by atoms with E-state index in [-0.39, 0.29) is 17.4 Å². The maximum absolute atomic E-state index is 10.1. The van der Waals surface area contributed by atoms with Crippen molar-refractivity contribution in [2.45, 2.75) is 12.8 Å². The Labute approximate surface area is 68.8 Å². The number of rotatable bonds is 3. The van der Waals surface area contributed by atoms with Gasteiger partial charge in [-0.25, -0.2) is 0 Å². The van der Waals surface area contributed by atoms with E-state index in [9.17, 15) is 10.1 Å². The van der Waals surface area contributed by atoms with Gasteiger partial charge in [0.1, 0.15) is 0 Å². The lowest BCUT2D eigenvalue weighted by atomic mass is 10.1. The second-order valence-corrected chi connectivity index (χ2v) is 3.41. The predicted octanol–water partition coefficient (Wildman–Crippen LogP) is 2.13. The van der Waals surface area contributed by atoms with E-state index >= 15 is 0 Å². The zero-order valence-electron chi connectivity index (χ0n) is 6.19. The van der Waals surface area contributed by atoms with Crippen molar-refractivity contribution in [3.63, 3.8) is 0 Å². The minimum absolute atomic E-state index is 0.0283. The van der Waals surface area contributed by atoms with Gasteiger partial charge >= 0.3 is 0 Å². The van der Waals surface area contributed by atoms with Crippen molar-refractivity contribution in [2.75, 3.05) is 6.54 Å². The highest BCUT2D eigenvalue weighted by Crippen LogP contribution is 2.20. The molecule has 1 heterocycles. The summed E-state index contributed by atoms with van der Waals surface area (Å²) < 4.78 is 0. The largest absolute Gasteiger partial charge is 0.265 e. The molecule has 0 saturated carbocycles. The molecule has 4 heteroatoms. The lowest BCUT2D eigenvalue weighted by Gasteiger charge is -2.01. The van der Waals surface area contributed by atoms with E-state index in [1.165, 1.54) is 0 Å². The molecule has 60 valence electrons. The van der Waals surface area contributed by atoms with Crippen LogP contribution in [0.4, 0.5) is 0 Å². The lowest BCUT2D eigenvalue weighted by Crippen LogP contribution is -2.07. The summed E-state index contributed by atoms with van der Waals surface area (Å²) >= 11 is 1.57. The van der Waals surface area contributed by atoms with Crippen molar-refractivity contribution in [3.8, 4) is 0 Å². The molecule has 0 amide bonds. The zero-order chi connectivity index (χ0) is 8.27. The summed E-state index contributed by atoms with van der Waals surface area (Å²) in [7, 11) is 0. The highest BCUT2D eigenvalue weighted by Gasteiger charge is 2.11. The average molecular weight is 171 g/mol. The van der Waals surface area contributed by atoms with Gasteiger partial charge in [-0.15, -0.1) is 11.3 Å². The summed E-state index contributed by atoms with van der Waals surface area (Å²) in [6.07, 6.45) is 0. The van der Waals surface area contributed by atoms with Gasteiger partial charge in [-0.05, 0) is 11.4 Å². The molecule has 0 unspecified atom stereocenters. The van der Waals surface area contributed by atoms with Crippen LogP contribution in [0.2, 0.25) is 0 Å². The second-order valence-electron chi connectivity index (χ2n) is 2.43. The summed E-state index contributed by atoms with van der Waals surface area (Å²) in [5, 5.41) is 12.1. The van der Waals surface area contributed by atoms with Gasteiger partial charge in [-0.2, -0.15) is 0 Å². The van der Waals surface area contributed by atoms with Crippen LogP contribution in [0.1, 0.15) is 17.7 Å². The van der Waals surface area contributed by atoms with E-state index < -0.39 is 0 Å². The molecular formula is C7H9NO2S. The van der Waals surface area contributed by atoms with E-state index in [1.54, 1.807) is 11.3 Å². The Morgan fingerprint density at radius 2 is 2.55 bits per heavy atom. The Balaban J connectivity index is 2.56. The van der Waals surface area contributed by atoms with Gasteiger partial charge in [0.05, 0.1) is 5.92 Å². The number of nitrogens with zero attached hydrogens (tertiary/aromatic N) is 1. The van der Waals surface area contributed by atoms with E-state index in [2.05, 4.69) is 0 Å². The third kappa shape index (κ3) is 2.31. The van der Waals surface area contributed by atoms with Crippen molar-refractivity contribution < 1.29 is 4.92 Å². The Hall–Kier alpha value is -0.900. The SMILES string of the molecule is C[C@H](C[N+](=O)[O-])c1cccs1. The van der Waals surface area contributed by atoms with Crippen LogP contribution in [0, 0.1) is 10.1 Å². The lowest BCUT2D eigenvalue weighted by molar-refractivity contribution is -0.482. The molecule has 0 bridgehead atoms. The van der Waals surface area contributed by atoms with Crippen LogP contribution < -0.4 is 0 Å². The van der Waals surface area contributed by atoms with Gasteiger partial charge in [0.2, 0.25) is 6.54 Å². The summed E-state index contributed by atoms with van der Waals surface area (Å²) in [5.74, 6) is 0.0463. The molecule has 11 heavy (non-hydrogen) atoms. The Bertz CT molecular complexity index is 233. The maximum atomic E-state index is 10.1. The minimum atomic E-state index is -0.273. The van der Waals surface area contributed by atoms with Crippen molar-refractivity contribution in [2.24, 2.45) is 0 Å². The molecule has 1 aromatic heterocycles. The van der Waals surface area contributed by atoms with Crippen LogP contribution in [-0.2, 0) is 0 Å². The first-order chi connectivity index (χ1) is 5.20. The smallest absolute Gasteiger partial charge is 0.211 e. The van der Waals surface area contributed by atoms with Gasteiger partial charge in [0.25, 0.3) is 0 Å². The molecule has 0 N–H and O–H groups in total. The summed E-state index contributed by atoms with van der Waals surface area (Å²) in [6.45, 7) is 1.90. The molecule has 1 aromatic rings. The molecule has 0 fully saturated rings. The molecule has 3 nitrogen and oxygen atoms in total. The van der Waals surface area contributed by atoms with Crippen LogP contribution in [0.15, 0.2) is 17.5 Å². The van der Waals surface area contributed by atoms with Crippen LogP contribution in [0.3, 0.4) is 0 Å². The summed E-state index contributed by atoms with van der Waals surface area (Å²) in [5.41, 5.74) is 0. The Morgan fingerprint density at radius 1 is 1.82 bits per heavy atom. The Morgan fingerprint density at radius 3 is 3.00 bits per heavy atom. The topological polar surface area (TPSA) is 43.1 Å². The number of hydrogen-bond acceptors (Lipinski definition) is 3. The summed E-state index contributed by atoms with van der Waals surface area (Å²) in [6, 6.07) is 3.84. The van der Waals surface area contributed by atoms with E-state index in [0.717, 1.165) is 4.88 Å². The fourth-order valence-electron chi connectivity index (χ4n) is 0.885. The van der Waals surface area contributed by atoms with Crippen molar-refractivity contribution in [3.05, 3.63) is 32.5 Å². The summed E-state index contributed by atoms with van der Waals surface area (Å²) in [4.78, 5) is 10.9. The van der Waals surface area contributed by atoms with Gasteiger partial charge in [-0.3, -0.25) is 10.1 Å². The minimum Gasteiger partial charge on any atom is -0.265 e.